The van der Waals surface area contributed by atoms with Crippen LogP contribution in [-0.2, 0) is 11.8 Å². The van der Waals surface area contributed by atoms with Crippen LogP contribution in [0.25, 0.3) is 17.2 Å². The highest BCUT2D eigenvalue weighted by Crippen LogP contribution is 2.44. The van der Waals surface area contributed by atoms with E-state index in [9.17, 15) is 0 Å². The van der Waals surface area contributed by atoms with E-state index in [2.05, 4.69) is 90.9 Å². The maximum Gasteiger partial charge on any atom is -0.00550 e. The zero-order valence-corrected chi connectivity index (χ0v) is 16.9. The van der Waals surface area contributed by atoms with Gasteiger partial charge in [-0.1, -0.05) is 96.5 Å². The van der Waals surface area contributed by atoms with Crippen LogP contribution in [0.1, 0.15) is 76.6 Å². The third kappa shape index (κ3) is 3.32. The fourth-order valence-electron chi connectivity index (χ4n) is 3.95. The minimum absolute atomic E-state index is 0.128. The number of rotatable bonds is 3. The highest BCUT2D eigenvalue weighted by molar-refractivity contribution is 5.85. The van der Waals surface area contributed by atoms with Crippen molar-refractivity contribution in [2.45, 2.75) is 66.2 Å². The Hall–Kier alpha value is -1.82. The summed E-state index contributed by atoms with van der Waals surface area (Å²) >= 11 is 0. The van der Waals surface area contributed by atoms with Crippen LogP contribution in [0.2, 0.25) is 0 Å². The maximum atomic E-state index is 2.47. The molecule has 1 aliphatic rings. The minimum atomic E-state index is 0.128. The molecule has 0 saturated heterocycles. The molecule has 0 atom stereocenters. The second-order valence-electron chi connectivity index (χ2n) is 9.10. The molecule has 0 fully saturated rings. The van der Waals surface area contributed by atoms with Crippen LogP contribution in [0.5, 0.6) is 0 Å². The predicted octanol–water partition coefficient (Wildman–Crippen LogP) is 7.37. The van der Waals surface area contributed by atoms with E-state index in [4.69, 9.17) is 0 Å². The Kier molecular flexibility index (Phi) is 4.66. The van der Waals surface area contributed by atoms with Crippen molar-refractivity contribution in [2.75, 3.05) is 0 Å². The van der Waals surface area contributed by atoms with Gasteiger partial charge in [-0.3, -0.25) is 0 Å². The monoisotopic (exact) mass is 332 g/mol. The Morgan fingerprint density at radius 3 is 2.12 bits per heavy atom. The first-order valence-electron chi connectivity index (χ1n) is 9.66. The summed E-state index contributed by atoms with van der Waals surface area (Å²) in [4.78, 5) is 0. The van der Waals surface area contributed by atoms with E-state index in [0.717, 1.165) is 6.42 Å². The molecule has 0 unspecified atom stereocenters. The summed E-state index contributed by atoms with van der Waals surface area (Å²) in [5.74, 6) is 1.13. The lowest BCUT2D eigenvalue weighted by atomic mass is 9.77. The molecule has 25 heavy (non-hydrogen) atoms. The van der Waals surface area contributed by atoms with Gasteiger partial charge in [-0.05, 0) is 57.1 Å². The standard InChI is InChI=1S/C25H32/c1-16(2)19-14-18-12-13-23(25(5,6)7)24(22(18)15-19)21-11-9-8-10-20(21)17(3)4/h8-13,15-17H,14H2,1-7H3. The van der Waals surface area contributed by atoms with E-state index >= 15 is 0 Å². The van der Waals surface area contributed by atoms with Gasteiger partial charge < -0.3 is 0 Å². The topological polar surface area (TPSA) is 0 Å². The molecule has 0 nitrogen and oxygen atoms in total. The quantitative estimate of drug-likeness (QED) is 0.550. The Labute approximate surface area is 154 Å². The van der Waals surface area contributed by atoms with Gasteiger partial charge in [0.1, 0.15) is 0 Å². The maximum absolute atomic E-state index is 2.47. The second kappa shape index (κ2) is 6.48. The predicted molar refractivity (Wildman–Crippen MR) is 111 cm³/mol. The van der Waals surface area contributed by atoms with Crippen LogP contribution in [0.15, 0.2) is 42.0 Å². The Bertz CT molecular complexity index is 810. The normalized spacial score (nSPS) is 14.2. The van der Waals surface area contributed by atoms with E-state index in [1.54, 1.807) is 5.57 Å². The zero-order valence-electron chi connectivity index (χ0n) is 16.9. The van der Waals surface area contributed by atoms with Gasteiger partial charge in [-0.2, -0.15) is 0 Å². The second-order valence-corrected chi connectivity index (χ2v) is 9.10. The summed E-state index contributed by atoms with van der Waals surface area (Å²) in [6, 6.07) is 13.7. The third-order valence-electron chi connectivity index (χ3n) is 5.46. The summed E-state index contributed by atoms with van der Waals surface area (Å²) in [6.45, 7) is 16.2. The molecule has 0 heterocycles. The molecule has 0 radical (unpaired) electrons. The van der Waals surface area contributed by atoms with E-state index in [1.165, 1.54) is 33.4 Å². The molecule has 0 spiro atoms. The van der Waals surface area contributed by atoms with Gasteiger partial charge in [0.05, 0.1) is 0 Å². The molecule has 0 N–H and O–H groups in total. The third-order valence-corrected chi connectivity index (χ3v) is 5.46. The summed E-state index contributed by atoms with van der Waals surface area (Å²) < 4.78 is 0. The van der Waals surface area contributed by atoms with Crippen molar-refractivity contribution in [1.82, 2.24) is 0 Å². The van der Waals surface area contributed by atoms with Crippen molar-refractivity contribution in [3.63, 3.8) is 0 Å². The van der Waals surface area contributed by atoms with Crippen LogP contribution in [0.4, 0.5) is 0 Å². The molecule has 0 aliphatic heterocycles. The fraction of sp³-hybridized carbons (Fsp3) is 0.440. The van der Waals surface area contributed by atoms with Crippen LogP contribution in [0.3, 0.4) is 0 Å². The highest BCUT2D eigenvalue weighted by Gasteiger charge is 2.27. The lowest BCUT2D eigenvalue weighted by Crippen LogP contribution is -2.14. The Morgan fingerprint density at radius 1 is 0.840 bits per heavy atom. The molecular weight excluding hydrogens is 300 g/mol. The molecule has 0 saturated carbocycles. The van der Waals surface area contributed by atoms with Gasteiger partial charge >= 0.3 is 0 Å². The van der Waals surface area contributed by atoms with Gasteiger partial charge in [0.25, 0.3) is 0 Å². The lowest BCUT2D eigenvalue weighted by molar-refractivity contribution is 0.591. The number of hydrogen-bond donors (Lipinski definition) is 0. The van der Waals surface area contributed by atoms with Crippen molar-refractivity contribution in [2.24, 2.45) is 5.92 Å². The molecule has 3 rings (SSSR count). The average Bonchev–Trinajstić information content (AvgIpc) is 2.97. The van der Waals surface area contributed by atoms with Crippen LogP contribution in [-0.4, -0.2) is 0 Å². The molecule has 1 aliphatic carbocycles. The largest absolute Gasteiger partial charge is 0.0626 e. The number of benzene rings is 2. The van der Waals surface area contributed by atoms with E-state index in [-0.39, 0.29) is 5.41 Å². The molecule has 0 bridgehead atoms. The Balaban J connectivity index is 2.34. The molecule has 0 heteroatoms. The summed E-state index contributed by atoms with van der Waals surface area (Å²) in [5, 5.41) is 0. The van der Waals surface area contributed by atoms with Crippen LogP contribution < -0.4 is 0 Å². The van der Waals surface area contributed by atoms with Gasteiger partial charge in [0.2, 0.25) is 0 Å². The first-order chi connectivity index (χ1) is 11.7. The molecule has 2 aromatic rings. The first kappa shape index (κ1) is 18.0. The van der Waals surface area contributed by atoms with Gasteiger partial charge in [0, 0.05) is 0 Å². The van der Waals surface area contributed by atoms with Crippen molar-refractivity contribution < 1.29 is 0 Å². The molecular formula is C25H32. The van der Waals surface area contributed by atoms with Crippen LogP contribution >= 0.6 is 0 Å². The molecule has 0 amide bonds. The van der Waals surface area contributed by atoms with E-state index in [0.29, 0.717) is 11.8 Å². The molecule has 2 aromatic carbocycles. The highest BCUT2D eigenvalue weighted by atomic mass is 14.3. The van der Waals surface area contributed by atoms with Crippen molar-refractivity contribution in [1.29, 1.82) is 0 Å². The first-order valence-corrected chi connectivity index (χ1v) is 9.66. The van der Waals surface area contributed by atoms with Crippen molar-refractivity contribution >= 4 is 6.08 Å². The minimum Gasteiger partial charge on any atom is -0.0626 e. The van der Waals surface area contributed by atoms with Gasteiger partial charge in [-0.25, -0.2) is 0 Å². The van der Waals surface area contributed by atoms with E-state index in [1.807, 2.05) is 0 Å². The smallest absolute Gasteiger partial charge is 0.00550 e. The van der Waals surface area contributed by atoms with Crippen LogP contribution in [0, 0.1) is 5.92 Å². The number of fused-ring (bicyclic) bond motifs is 1. The average molecular weight is 333 g/mol. The molecule has 0 aromatic heterocycles. The summed E-state index contributed by atoms with van der Waals surface area (Å²) in [6.07, 6.45) is 3.58. The van der Waals surface area contributed by atoms with Crippen molar-refractivity contribution in [3.8, 4) is 11.1 Å². The number of allylic oxidation sites excluding steroid dienone is 1. The SMILES string of the molecule is CC(C)C1=Cc2c(ccc(C(C)(C)C)c2-c2ccccc2C(C)C)C1. The lowest BCUT2D eigenvalue weighted by Gasteiger charge is -2.27. The fourth-order valence-corrected chi connectivity index (χ4v) is 3.95. The zero-order chi connectivity index (χ0) is 18.4. The number of hydrogen-bond acceptors (Lipinski definition) is 0. The van der Waals surface area contributed by atoms with Gasteiger partial charge in [0.15, 0.2) is 0 Å². The molecule has 132 valence electrons. The summed E-state index contributed by atoms with van der Waals surface area (Å²) in [7, 11) is 0. The summed E-state index contributed by atoms with van der Waals surface area (Å²) in [5.41, 5.74) is 10.4. The van der Waals surface area contributed by atoms with Gasteiger partial charge in [-0.15, -0.1) is 0 Å². The van der Waals surface area contributed by atoms with E-state index < -0.39 is 0 Å². The Morgan fingerprint density at radius 2 is 1.52 bits per heavy atom. The van der Waals surface area contributed by atoms with Crippen molar-refractivity contribution in [3.05, 3.63) is 64.2 Å².